The Labute approximate surface area is 150 Å². The topological polar surface area (TPSA) is 89.5 Å². The SMILES string of the molecule is CCC(C)N[C@H]1CS(=O)(=O)C[C@@H]1S(=O)(=O)c1cc(C)c(OC)cc1C. The Balaban J connectivity index is 2.48. The number of hydrogen-bond donors (Lipinski definition) is 1. The molecule has 1 aromatic rings. The zero-order valence-electron chi connectivity index (χ0n) is 15.4. The largest absolute Gasteiger partial charge is 0.496 e. The maximum atomic E-state index is 13.2. The zero-order chi connectivity index (χ0) is 19.0. The van der Waals surface area contributed by atoms with E-state index in [1.165, 1.54) is 7.11 Å². The molecule has 1 saturated heterocycles. The molecule has 1 unspecified atom stereocenters. The minimum Gasteiger partial charge on any atom is -0.496 e. The molecule has 1 aromatic carbocycles. The van der Waals surface area contributed by atoms with Gasteiger partial charge in [0.2, 0.25) is 0 Å². The highest BCUT2D eigenvalue weighted by Gasteiger charge is 2.46. The summed E-state index contributed by atoms with van der Waals surface area (Å²) < 4.78 is 56.0. The minimum absolute atomic E-state index is 0.0506. The van der Waals surface area contributed by atoms with Gasteiger partial charge in [-0.1, -0.05) is 6.92 Å². The number of ether oxygens (including phenoxy) is 1. The highest BCUT2D eigenvalue weighted by Crippen LogP contribution is 2.31. The van der Waals surface area contributed by atoms with E-state index in [0.717, 1.165) is 6.42 Å². The predicted molar refractivity (Wildman–Crippen MR) is 98.8 cm³/mol. The third-order valence-electron chi connectivity index (χ3n) is 4.81. The van der Waals surface area contributed by atoms with Gasteiger partial charge < -0.3 is 10.1 Å². The smallest absolute Gasteiger partial charge is 0.184 e. The molecule has 6 nitrogen and oxygen atoms in total. The van der Waals surface area contributed by atoms with E-state index in [2.05, 4.69) is 5.32 Å². The number of aryl methyl sites for hydroxylation is 2. The molecule has 1 N–H and O–H groups in total. The van der Waals surface area contributed by atoms with E-state index in [1.807, 2.05) is 13.8 Å². The predicted octanol–water partition coefficient (Wildman–Crippen LogP) is 1.64. The van der Waals surface area contributed by atoms with Crippen LogP contribution in [0.15, 0.2) is 17.0 Å². The standard InChI is InChI=1S/C17H27NO5S2/c1-6-13(4)18-14-9-24(19,20)10-17(14)25(21,22)16-8-11(2)15(23-5)7-12(16)3/h7-8,13-14,17-18H,6,9-10H2,1-5H3/t13?,14-,17-/m0/s1. The second-order valence-electron chi connectivity index (χ2n) is 6.83. The number of hydrogen-bond acceptors (Lipinski definition) is 6. The summed E-state index contributed by atoms with van der Waals surface area (Å²) in [5, 5.41) is 2.21. The van der Waals surface area contributed by atoms with Crippen molar-refractivity contribution in [1.82, 2.24) is 5.32 Å². The van der Waals surface area contributed by atoms with Crippen molar-refractivity contribution >= 4 is 19.7 Å². The molecule has 1 aliphatic rings. The summed E-state index contributed by atoms with van der Waals surface area (Å²) in [5.41, 5.74) is 1.27. The second-order valence-corrected chi connectivity index (χ2v) is 11.1. The van der Waals surface area contributed by atoms with E-state index in [-0.39, 0.29) is 22.4 Å². The second kappa shape index (κ2) is 7.25. The lowest BCUT2D eigenvalue weighted by Crippen LogP contribution is -2.46. The normalized spacial score (nSPS) is 24.2. The lowest BCUT2D eigenvalue weighted by molar-refractivity contribution is 0.411. The highest BCUT2D eigenvalue weighted by molar-refractivity contribution is 7.96. The molecule has 142 valence electrons. The number of nitrogens with one attached hydrogen (secondary N) is 1. The van der Waals surface area contributed by atoms with Gasteiger partial charge in [0.15, 0.2) is 19.7 Å². The molecule has 0 radical (unpaired) electrons. The van der Waals surface area contributed by atoms with Crippen LogP contribution in [0.25, 0.3) is 0 Å². The van der Waals surface area contributed by atoms with Gasteiger partial charge in [-0.3, -0.25) is 0 Å². The molecule has 1 heterocycles. The lowest BCUT2D eigenvalue weighted by Gasteiger charge is -2.24. The van der Waals surface area contributed by atoms with Crippen LogP contribution >= 0.6 is 0 Å². The molecule has 0 aliphatic carbocycles. The fourth-order valence-corrected chi connectivity index (χ4v) is 8.20. The Morgan fingerprint density at radius 1 is 1.24 bits per heavy atom. The van der Waals surface area contributed by atoms with Crippen LogP contribution in [0.4, 0.5) is 0 Å². The summed E-state index contributed by atoms with van der Waals surface area (Å²) in [5.74, 6) is 0.133. The molecular weight excluding hydrogens is 362 g/mol. The Hall–Kier alpha value is -1.12. The molecule has 2 rings (SSSR count). The molecule has 1 fully saturated rings. The summed E-state index contributed by atoms with van der Waals surface area (Å²) in [6.07, 6.45) is 0.796. The first kappa shape index (κ1) is 20.2. The van der Waals surface area contributed by atoms with Crippen LogP contribution in [0.3, 0.4) is 0 Å². The van der Waals surface area contributed by atoms with Crippen LogP contribution in [0, 0.1) is 13.8 Å². The van der Waals surface area contributed by atoms with Crippen molar-refractivity contribution in [3.8, 4) is 5.75 Å². The van der Waals surface area contributed by atoms with E-state index in [4.69, 9.17) is 4.74 Å². The summed E-state index contributed by atoms with van der Waals surface area (Å²) in [4.78, 5) is 0.184. The first-order valence-corrected chi connectivity index (χ1v) is 11.7. The average Bonchev–Trinajstić information content (AvgIpc) is 2.84. The fraction of sp³-hybridized carbons (Fsp3) is 0.647. The maximum Gasteiger partial charge on any atom is 0.184 e. The molecule has 8 heteroatoms. The number of rotatable bonds is 6. The van der Waals surface area contributed by atoms with E-state index < -0.39 is 31.0 Å². The third-order valence-corrected chi connectivity index (χ3v) is 9.10. The Kier molecular flexibility index (Phi) is 5.85. The number of sulfone groups is 2. The van der Waals surface area contributed by atoms with Crippen LogP contribution in [0.2, 0.25) is 0 Å². The molecule has 0 saturated carbocycles. The lowest BCUT2D eigenvalue weighted by atomic mass is 10.1. The molecule has 0 bridgehead atoms. The van der Waals surface area contributed by atoms with Crippen LogP contribution in [-0.2, 0) is 19.7 Å². The van der Waals surface area contributed by atoms with Gasteiger partial charge in [0, 0.05) is 12.1 Å². The Bertz CT molecular complexity index is 846. The van der Waals surface area contributed by atoms with Crippen molar-refractivity contribution in [2.45, 2.75) is 56.3 Å². The average molecular weight is 390 g/mol. The van der Waals surface area contributed by atoms with E-state index in [9.17, 15) is 16.8 Å². The van der Waals surface area contributed by atoms with Crippen LogP contribution in [-0.4, -0.2) is 52.8 Å². The van der Waals surface area contributed by atoms with E-state index in [1.54, 1.807) is 26.0 Å². The van der Waals surface area contributed by atoms with Crippen molar-refractivity contribution in [3.63, 3.8) is 0 Å². The van der Waals surface area contributed by atoms with Crippen molar-refractivity contribution in [3.05, 3.63) is 23.3 Å². The van der Waals surface area contributed by atoms with Gasteiger partial charge in [-0.2, -0.15) is 0 Å². The van der Waals surface area contributed by atoms with Crippen molar-refractivity contribution in [1.29, 1.82) is 0 Å². The first-order chi connectivity index (χ1) is 11.5. The fourth-order valence-electron chi connectivity index (χ4n) is 3.21. The van der Waals surface area contributed by atoms with Crippen LogP contribution in [0.5, 0.6) is 5.75 Å². The highest BCUT2D eigenvalue weighted by atomic mass is 32.2. The van der Waals surface area contributed by atoms with E-state index in [0.29, 0.717) is 16.9 Å². The maximum absolute atomic E-state index is 13.2. The molecule has 3 atom stereocenters. The first-order valence-electron chi connectivity index (χ1n) is 8.37. The Morgan fingerprint density at radius 2 is 1.88 bits per heavy atom. The zero-order valence-corrected chi connectivity index (χ0v) is 17.0. The summed E-state index contributed by atoms with van der Waals surface area (Å²) in [6, 6.07) is 2.72. The summed E-state index contributed by atoms with van der Waals surface area (Å²) in [6.45, 7) is 7.38. The van der Waals surface area contributed by atoms with Gasteiger partial charge in [-0.05, 0) is 50.5 Å². The van der Waals surface area contributed by atoms with Gasteiger partial charge in [0.1, 0.15) is 5.75 Å². The molecule has 0 aromatic heterocycles. The van der Waals surface area contributed by atoms with Crippen molar-refractivity contribution in [2.24, 2.45) is 0 Å². The summed E-state index contributed by atoms with van der Waals surface area (Å²) in [7, 11) is -5.65. The molecule has 0 spiro atoms. The van der Waals surface area contributed by atoms with Crippen molar-refractivity contribution in [2.75, 3.05) is 18.6 Å². The molecular formula is C17H27NO5S2. The van der Waals surface area contributed by atoms with Crippen molar-refractivity contribution < 1.29 is 21.6 Å². The van der Waals surface area contributed by atoms with Gasteiger partial charge in [0.25, 0.3) is 0 Å². The van der Waals surface area contributed by atoms with Crippen LogP contribution in [0.1, 0.15) is 31.4 Å². The molecule has 25 heavy (non-hydrogen) atoms. The summed E-state index contributed by atoms with van der Waals surface area (Å²) >= 11 is 0. The van der Waals surface area contributed by atoms with Crippen LogP contribution < -0.4 is 10.1 Å². The van der Waals surface area contributed by atoms with Gasteiger partial charge >= 0.3 is 0 Å². The minimum atomic E-state index is -3.79. The van der Waals surface area contributed by atoms with Gasteiger partial charge in [-0.15, -0.1) is 0 Å². The van der Waals surface area contributed by atoms with Gasteiger partial charge in [0.05, 0.1) is 28.8 Å². The number of benzene rings is 1. The molecule has 1 aliphatic heterocycles. The third kappa shape index (κ3) is 4.17. The van der Waals surface area contributed by atoms with Gasteiger partial charge in [-0.25, -0.2) is 16.8 Å². The quantitative estimate of drug-likeness (QED) is 0.796. The number of methoxy groups -OCH3 is 1. The Morgan fingerprint density at radius 3 is 2.44 bits per heavy atom. The van der Waals surface area contributed by atoms with E-state index >= 15 is 0 Å². The monoisotopic (exact) mass is 389 g/mol. The molecule has 0 amide bonds.